The minimum Gasteiger partial charge on any atom is -0.466 e. The van der Waals surface area contributed by atoms with Gasteiger partial charge in [0.05, 0.1) is 41.6 Å². The van der Waals surface area contributed by atoms with Crippen LogP contribution in [0.3, 0.4) is 0 Å². The first-order valence-corrected chi connectivity index (χ1v) is 8.76. The van der Waals surface area contributed by atoms with Gasteiger partial charge >= 0.3 is 11.9 Å². The molecule has 7 nitrogen and oxygen atoms in total. The predicted molar refractivity (Wildman–Crippen MR) is 95.4 cm³/mol. The average molecular weight is 374 g/mol. The number of carbonyl (C=O) groups excluding carboxylic acids is 3. The third-order valence-electron chi connectivity index (χ3n) is 4.33. The van der Waals surface area contributed by atoms with Gasteiger partial charge in [-0.05, 0) is 12.5 Å². The third-order valence-corrected chi connectivity index (χ3v) is 5.51. The lowest BCUT2D eigenvalue weighted by atomic mass is 9.82. The van der Waals surface area contributed by atoms with E-state index < -0.39 is 23.1 Å². The first-order chi connectivity index (χ1) is 12.4. The van der Waals surface area contributed by atoms with Crippen molar-refractivity contribution in [2.75, 3.05) is 14.2 Å². The zero-order valence-corrected chi connectivity index (χ0v) is 15.3. The number of thioether (sulfide) groups is 1. The molecule has 1 saturated heterocycles. The number of fused-ring (bicyclic) bond motifs is 1. The van der Waals surface area contributed by atoms with E-state index in [1.807, 2.05) is 6.07 Å². The number of carbonyl (C=O) groups is 3. The number of hydrogen-bond acceptors (Lipinski definition) is 7. The molecular weight excluding hydrogens is 356 g/mol. The lowest BCUT2D eigenvalue weighted by Crippen LogP contribution is -2.40. The Kier molecular flexibility index (Phi) is 4.78. The average Bonchev–Trinajstić information content (AvgIpc) is 2.95. The highest BCUT2D eigenvalue weighted by molar-refractivity contribution is 8.04. The summed E-state index contributed by atoms with van der Waals surface area (Å²) < 4.78 is 9.84. The van der Waals surface area contributed by atoms with Crippen molar-refractivity contribution in [2.45, 2.75) is 18.1 Å². The van der Waals surface area contributed by atoms with Gasteiger partial charge in [0.1, 0.15) is 5.82 Å². The summed E-state index contributed by atoms with van der Waals surface area (Å²) in [5.41, 5.74) is 7.14. The molecule has 0 unspecified atom stereocenters. The highest BCUT2D eigenvalue weighted by Gasteiger charge is 2.48. The van der Waals surface area contributed by atoms with Crippen molar-refractivity contribution in [1.29, 1.82) is 0 Å². The topological polar surface area (TPSA) is 98.9 Å². The van der Waals surface area contributed by atoms with Gasteiger partial charge < -0.3 is 15.2 Å². The second-order valence-corrected chi connectivity index (χ2v) is 7.11. The molecule has 2 heterocycles. The molecular formula is C18H18N2O5S. The van der Waals surface area contributed by atoms with Crippen LogP contribution in [-0.2, 0) is 23.9 Å². The van der Waals surface area contributed by atoms with Crippen LogP contribution in [0.2, 0.25) is 0 Å². The molecule has 2 atom stereocenters. The van der Waals surface area contributed by atoms with Crippen molar-refractivity contribution in [3.63, 3.8) is 0 Å². The zero-order chi connectivity index (χ0) is 19.0. The molecule has 3 rings (SSSR count). The number of ether oxygens (including phenoxy) is 2. The summed E-state index contributed by atoms with van der Waals surface area (Å²) in [5, 5.41) is -0.0371. The quantitative estimate of drug-likeness (QED) is 0.800. The van der Waals surface area contributed by atoms with E-state index in [0.29, 0.717) is 10.6 Å². The van der Waals surface area contributed by atoms with E-state index in [1.54, 1.807) is 31.2 Å². The number of nitrogens with zero attached hydrogens (tertiary/aromatic N) is 1. The Balaban J connectivity index is 2.32. The molecule has 1 amide bonds. The molecule has 2 N–H and O–H groups in total. The number of benzene rings is 1. The van der Waals surface area contributed by atoms with Gasteiger partial charge in [-0.2, -0.15) is 0 Å². The lowest BCUT2D eigenvalue weighted by Gasteiger charge is -2.32. The van der Waals surface area contributed by atoms with E-state index in [-0.39, 0.29) is 22.9 Å². The minimum atomic E-state index is -0.784. The molecule has 0 saturated carbocycles. The smallest absolute Gasteiger partial charge is 0.338 e. The number of amides is 1. The highest BCUT2D eigenvalue weighted by atomic mass is 32.2. The Morgan fingerprint density at radius 3 is 2.23 bits per heavy atom. The maximum absolute atomic E-state index is 12.6. The molecule has 0 aromatic heterocycles. The Labute approximate surface area is 154 Å². The number of esters is 2. The summed E-state index contributed by atoms with van der Waals surface area (Å²) in [6.45, 7) is 1.72. The van der Waals surface area contributed by atoms with Crippen LogP contribution in [0, 0.1) is 0 Å². The summed E-state index contributed by atoms with van der Waals surface area (Å²) in [6.07, 6.45) is 0. The van der Waals surface area contributed by atoms with Crippen LogP contribution >= 0.6 is 11.8 Å². The number of rotatable bonds is 3. The van der Waals surface area contributed by atoms with Gasteiger partial charge in [0.2, 0.25) is 5.91 Å². The van der Waals surface area contributed by atoms with Gasteiger partial charge in [0, 0.05) is 0 Å². The van der Waals surface area contributed by atoms with Crippen molar-refractivity contribution in [3.05, 3.63) is 57.9 Å². The van der Waals surface area contributed by atoms with Crippen LogP contribution in [-0.4, -0.2) is 42.2 Å². The third kappa shape index (κ3) is 2.66. The fourth-order valence-corrected chi connectivity index (χ4v) is 4.29. The van der Waals surface area contributed by atoms with Gasteiger partial charge in [-0.1, -0.05) is 42.1 Å². The minimum absolute atomic E-state index is 0.0183. The van der Waals surface area contributed by atoms with E-state index in [9.17, 15) is 14.4 Å². The Morgan fingerprint density at radius 1 is 1.08 bits per heavy atom. The molecule has 26 heavy (non-hydrogen) atoms. The van der Waals surface area contributed by atoms with Crippen LogP contribution in [0.1, 0.15) is 18.4 Å². The van der Waals surface area contributed by atoms with Crippen molar-refractivity contribution in [2.24, 2.45) is 5.73 Å². The van der Waals surface area contributed by atoms with Gasteiger partial charge in [0.15, 0.2) is 0 Å². The molecule has 0 spiro atoms. The SMILES string of the molecule is COC(=O)C1=C(N)N2C(=O)[C@H](C)SC2=C(C(=O)OC)[C@@H]1c1ccccc1. The Bertz CT molecular complexity index is 846. The summed E-state index contributed by atoms with van der Waals surface area (Å²) in [4.78, 5) is 38.9. The summed E-state index contributed by atoms with van der Waals surface area (Å²) in [6, 6.07) is 8.98. The second-order valence-electron chi connectivity index (χ2n) is 5.78. The number of nitrogens with two attached hydrogens (primary N) is 1. The van der Waals surface area contributed by atoms with E-state index in [0.717, 1.165) is 0 Å². The highest BCUT2D eigenvalue weighted by Crippen LogP contribution is 2.49. The fourth-order valence-electron chi connectivity index (χ4n) is 3.13. The monoisotopic (exact) mass is 374 g/mol. The van der Waals surface area contributed by atoms with Gasteiger partial charge in [-0.25, -0.2) is 9.59 Å². The van der Waals surface area contributed by atoms with Crippen molar-refractivity contribution in [3.8, 4) is 0 Å². The van der Waals surface area contributed by atoms with Gasteiger partial charge in [-0.15, -0.1) is 0 Å². The fraction of sp³-hybridized carbons (Fsp3) is 0.278. The normalized spacial score (nSPS) is 22.4. The maximum Gasteiger partial charge on any atom is 0.338 e. The van der Waals surface area contributed by atoms with Crippen LogP contribution < -0.4 is 5.73 Å². The van der Waals surface area contributed by atoms with E-state index >= 15 is 0 Å². The number of hydrogen-bond donors (Lipinski definition) is 1. The zero-order valence-electron chi connectivity index (χ0n) is 14.5. The maximum atomic E-state index is 12.6. The standard InChI is InChI=1S/C18H18N2O5S/c1-9-15(21)20-14(19)12(17(22)24-2)11(10-7-5-4-6-8-10)13(16(20)26-9)18(23)25-3/h4-9,11H,19H2,1-3H3/t9-,11+/m0/s1. The van der Waals surface area contributed by atoms with E-state index in [2.05, 4.69) is 0 Å². The molecule has 1 aromatic carbocycles. The Morgan fingerprint density at radius 2 is 1.65 bits per heavy atom. The lowest BCUT2D eigenvalue weighted by molar-refractivity contribution is -0.137. The second kappa shape index (κ2) is 6.87. The molecule has 2 aliphatic heterocycles. The van der Waals surface area contributed by atoms with Crippen molar-refractivity contribution >= 4 is 29.6 Å². The molecule has 0 bridgehead atoms. The largest absolute Gasteiger partial charge is 0.466 e. The molecule has 1 fully saturated rings. The van der Waals surface area contributed by atoms with Crippen molar-refractivity contribution in [1.82, 2.24) is 4.90 Å². The van der Waals surface area contributed by atoms with Crippen LogP contribution in [0.4, 0.5) is 0 Å². The summed E-state index contributed by atoms with van der Waals surface area (Å²) in [5.74, 6) is -2.42. The van der Waals surface area contributed by atoms with Gasteiger partial charge in [-0.3, -0.25) is 9.69 Å². The summed E-state index contributed by atoms with van der Waals surface area (Å²) >= 11 is 1.22. The van der Waals surface area contributed by atoms with Gasteiger partial charge in [0.25, 0.3) is 0 Å². The molecule has 8 heteroatoms. The van der Waals surface area contributed by atoms with E-state index in [4.69, 9.17) is 15.2 Å². The first-order valence-electron chi connectivity index (χ1n) is 7.88. The molecule has 136 valence electrons. The first kappa shape index (κ1) is 18.1. The van der Waals surface area contributed by atoms with Crippen molar-refractivity contribution < 1.29 is 23.9 Å². The molecule has 2 aliphatic rings. The van der Waals surface area contributed by atoms with Crippen LogP contribution in [0.15, 0.2) is 52.3 Å². The number of methoxy groups -OCH3 is 2. The molecule has 1 aromatic rings. The Hall–Kier alpha value is -2.74. The summed E-state index contributed by atoms with van der Waals surface area (Å²) in [7, 11) is 2.48. The van der Waals surface area contributed by atoms with Crippen LogP contribution in [0.5, 0.6) is 0 Å². The van der Waals surface area contributed by atoms with Crippen LogP contribution in [0.25, 0.3) is 0 Å². The predicted octanol–water partition coefficient (Wildman–Crippen LogP) is 1.48. The molecule has 0 radical (unpaired) electrons. The molecule has 0 aliphatic carbocycles. The van der Waals surface area contributed by atoms with E-state index in [1.165, 1.54) is 30.9 Å².